The highest BCUT2D eigenvalue weighted by Gasteiger charge is 2.11. The molecular weight excluding hydrogens is 416 g/mol. The summed E-state index contributed by atoms with van der Waals surface area (Å²) in [6.45, 7) is 7.41. The highest BCUT2D eigenvalue weighted by Crippen LogP contribution is 2.29. The van der Waals surface area contributed by atoms with Gasteiger partial charge in [-0.15, -0.1) is 0 Å². The fourth-order valence-electron chi connectivity index (χ4n) is 3.36. The molecule has 6 heteroatoms. The molecule has 0 aliphatic rings. The molecule has 2 rings (SSSR count). The zero-order chi connectivity index (χ0) is 24.1. The summed E-state index contributed by atoms with van der Waals surface area (Å²) in [4.78, 5) is 12.4. The molecule has 2 aromatic rings. The second kappa shape index (κ2) is 13.8. The number of methoxy groups -OCH3 is 1. The first-order valence-corrected chi connectivity index (χ1v) is 11.4. The maximum Gasteiger partial charge on any atom is 0.262 e. The van der Waals surface area contributed by atoms with Crippen LogP contribution in [0.3, 0.4) is 0 Å². The van der Waals surface area contributed by atoms with Crippen molar-refractivity contribution < 1.29 is 19.0 Å². The van der Waals surface area contributed by atoms with Crippen molar-refractivity contribution in [1.82, 2.24) is 5.32 Å². The molecule has 0 aromatic heterocycles. The predicted octanol–water partition coefficient (Wildman–Crippen LogP) is 5.37. The van der Waals surface area contributed by atoms with Crippen molar-refractivity contribution in [2.45, 2.75) is 46.5 Å². The van der Waals surface area contributed by atoms with Crippen molar-refractivity contribution in [2.75, 3.05) is 26.9 Å². The number of ether oxygens (including phenoxy) is 3. The summed E-state index contributed by atoms with van der Waals surface area (Å²) in [6.07, 6.45) is 6.04. The van der Waals surface area contributed by atoms with Crippen molar-refractivity contribution in [2.24, 2.45) is 0 Å². The first kappa shape index (κ1) is 25.8. The van der Waals surface area contributed by atoms with Crippen LogP contribution in [0, 0.1) is 25.2 Å². The minimum Gasteiger partial charge on any atom is -0.493 e. The third-order valence-electron chi connectivity index (χ3n) is 4.97. The van der Waals surface area contributed by atoms with Crippen LogP contribution in [0.5, 0.6) is 17.2 Å². The number of rotatable bonds is 13. The lowest BCUT2D eigenvalue weighted by Crippen LogP contribution is -2.29. The first-order valence-electron chi connectivity index (χ1n) is 11.4. The summed E-state index contributed by atoms with van der Waals surface area (Å²) in [5, 5.41) is 12.2. The number of nitrogens with one attached hydrogen (secondary N) is 1. The van der Waals surface area contributed by atoms with Crippen LogP contribution in [-0.4, -0.2) is 32.8 Å². The van der Waals surface area contributed by atoms with Crippen LogP contribution in [0.2, 0.25) is 0 Å². The van der Waals surface area contributed by atoms with Gasteiger partial charge in [-0.3, -0.25) is 4.79 Å². The van der Waals surface area contributed by atoms with E-state index in [4.69, 9.17) is 14.2 Å². The molecule has 176 valence electrons. The van der Waals surface area contributed by atoms with Crippen LogP contribution in [0.4, 0.5) is 0 Å². The number of carbonyl (C=O) groups is 1. The van der Waals surface area contributed by atoms with Crippen molar-refractivity contribution in [3.63, 3.8) is 0 Å². The summed E-state index contributed by atoms with van der Waals surface area (Å²) in [6, 6.07) is 13.3. The van der Waals surface area contributed by atoms with Crippen LogP contribution in [0.1, 0.15) is 49.3 Å². The molecule has 1 N–H and O–H groups in total. The minimum absolute atomic E-state index is 0.0108. The molecule has 33 heavy (non-hydrogen) atoms. The normalized spacial score (nSPS) is 10.9. The van der Waals surface area contributed by atoms with Crippen LogP contribution >= 0.6 is 0 Å². The predicted molar refractivity (Wildman–Crippen MR) is 131 cm³/mol. The van der Waals surface area contributed by atoms with Crippen LogP contribution < -0.4 is 19.5 Å². The average Bonchev–Trinajstić information content (AvgIpc) is 2.79. The molecule has 0 fully saturated rings. The first-order chi connectivity index (χ1) is 16.0. The zero-order valence-corrected chi connectivity index (χ0v) is 20.1. The van der Waals surface area contributed by atoms with E-state index < -0.39 is 5.91 Å². The fourth-order valence-corrected chi connectivity index (χ4v) is 3.36. The summed E-state index contributed by atoms with van der Waals surface area (Å²) in [5.41, 5.74) is 2.93. The molecule has 2 aromatic carbocycles. The number of unbranched alkanes of at least 4 members (excludes halogenated alkanes) is 3. The number of carbonyl (C=O) groups excluding carboxylic acids is 1. The van der Waals surface area contributed by atoms with E-state index in [0.29, 0.717) is 36.8 Å². The van der Waals surface area contributed by atoms with Gasteiger partial charge in [-0.1, -0.05) is 38.3 Å². The highest BCUT2D eigenvalue weighted by molar-refractivity contribution is 6.01. The Bertz CT molecular complexity index is 972. The van der Waals surface area contributed by atoms with Gasteiger partial charge in [0.15, 0.2) is 11.5 Å². The van der Waals surface area contributed by atoms with Gasteiger partial charge in [0.2, 0.25) is 0 Å². The Morgan fingerprint density at radius 2 is 1.76 bits per heavy atom. The van der Waals surface area contributed by atoms with Crippen LogP contribution in [0.15, 0.2) is 42.0 Å². The van der Waals surface area contributed by atoms with E-state index in [9.17, 15) is 10.1 Å². The smallest absolute Gasteiger partial charge is 0.262 e. The molecule has 0 saturated carbocycles. The number of hydrogen-bond acceptors (Lipinski definition) is 5. The standard InChI is InChI=1S/C27H34N2O4/c1-5-6-7-8-12-33-25-10-9-22(18-26(25)31-4)17-23(19-28)27(30)29-11-13-32-24-15-20(2)14-21(3)16-24/h9-10,14-18H,5-8,11-13H2,1-4H3,(H,29,30). The second-order valence-electron chi connectivity index (χ2n) is 7.92. The Kier molecular flexibility index (Phi) is 10.8. The number of aryl methyl sites for hydroxylation is 2. The Hall–Kier alpha value is -3.46. The number of amides is 1. The maximum absolute atomic E-state index is 12.4. The van der Waals surface area contributed by atoms with Crippen LogP contribution in [0.25, 0.3) is 6.08 Å². The minimum atomic E-state index is -0.447. The molecule has 6 nitrogen and oxygen atoms in total. The fraction of sp³-hybridized carbons (Fsp3) is 0.407. The van der Waals surface area contributed by atoms with E-state index in [1.165, 1.54) is 18.9 Å². The van der Waals surface area contributed by atoms with E-state index in [-0.39, 0.29) is 5.57 Å². The van der Waals surface area contributed by atoms with Gasteiger partial charge < -0.3 is 19.5 Å². The number of hydrogen-bond donors (Lipinski definition) is 1. The lowest BCUT2D eigenvalue weighted by molar-refractivity contribution is -0.117. The molecule has 0 aliphatic heterocycles. The molecular formula is C27H34N2O4. The second-order valence-corrected chi connectivity index (χ2v) is 7.92. The number of nitrogens with zero attached hydrogens (tertiary/aromatic N) is 1. The molecule has 0 unspecified atom stereocenters. The lowest BCUT2D eigenvalue weighted by atomic mass is 10.1. The summed E-state index contributed by atoms with van der Waals surface area (Å²) >= 11 is 0. The zero-order valence-electron chi connectivity index (χ0n) is 20.1. The lowest BCUT2D eigenvalue weighted by Gasteiger charge is -2.11. The van der Waals surface area contributed by atoms with E-state index in [1.54, 1.807) is 25.3 Å². The molecule has 0 bridgehead atoms. The summed E-state index contributed by atoms with van der Waals surface area (Å²) < 4.78 is 16.9. The van der Waals surface area contributed by atoms with Crippen molar-refractivity contribution in [3.8, 4) is 23.3 Å². The van der Waals surface area contributed by atoms with Crippen LogP contribution in [-0.2, 0) is 4.79 Å². The maximum atomic E-state index is 12.4. The van der Waals surface area contributed by atoms with Gasteiger partial charge in [-0.25, -0.2) is 0 Å². The van der Waals surface area contributed by atoms with Crippen molar-refractivity contribution in [3.05, 3.63) is 58.7 Å². The van der Waals surface area contributed by atoms with Gasteiger partial charge in [0.05, 0.1) is 20.3 Å². The average molecular weight is 451 g/mol. The topological polar surface area (TPSA) is 80.6 Å². The highest BCUT2D eigenvalue weighted by atomic mass is 16.5. The molecule has 0 atom stereocenters. The molecule has 0 spiro atoms. The summed E-state index contributed by atoms with van der Waals surface area (Å²) in [7, 11) is 1.57. The largest absolute Gasteiger partial charge is 0.493 e. The Balaban J connectivity index is 1.92. The van der Waals surface area contributed by atoms with Gasteiger partial charge in [-0.2, -0.15) is 5.26 Å². The van der Waals surface area contributed by atoms with Gasteiger partial charge in [0.25, 0.3) is 5.91 Å². The van der Waals surface area contributed by atoms with Gasteiger partial charge in [0.1, 0.15) is 24.0 Å². The molecule has 0 saturated heterocycles. The SMILES string of the molecule is CCCCCCOc1ccc(C=C(C#N)C(=O)NCCOc2cc(C)cc(C)c2)cc1OC. The Morgan fingerprint density at radius 3 is 2.42 bits per heavy atom. The van der Waals surface area contributed by atoms with Crippen molar-refractivity contribution >= 4 is 12.0 Å². The van der Waals surface area contributed by atoms with Gasteiger partial charge >= 0.3 is 0 Å². The van der Waals surface area contributed by atoms with E-state index in [1.807, 2.05) is 32.0 Å². The van der Waals surface area contributed by atoms with E-state index >= 15 is 0 Å². The van der Waals surface area contributed by atoms with Crippen molar-refractivity contribution in [1.29, 1.82) is 5.26 Å². The Morgan fingerprint density at radius 1 is 1.00 bits per heavy atom. The molecule has 1 amide bonds. The third kappa shape index (κ3) is 8.89. The monoisotopic (exact) mass is 450 g/mol. The van der Waals surface area contributed by atoms with E-state index in [2.05, 4.69) is 18.3 Å². The van der Waals surface area contributed by atoms with Gasteiger partial charge in [0, 0.05) is 0 Å². The Labute approximate surface area is 197 Å². The third-order valence-corrected chi connectivity index (χ3v) is 4.97. The summed E-state index contributed by atoms with van der Waals surface area (Å²) in [5.74, 6) is 1.53. The molecule has 0 heterocycles. The molecule has 0 radical (unpaired) electrons. The molecule has 0 aliphatic carbocycles. The number of nitriles is 1. The van der Waals surface area contributed by atoms with Gasteiger partial charge in [-0.05, 0) is 67.3 Å². The van der Waals surface area contributed by atoms with E-state index in [0.717, 1.165) is 29.7 Å². The quantitative estimate of drug-likeness (QED) is 0.252. The number of benzene rings is 2.